The van der Waals surface area contributed by atoms with Gasteiger partial charge in [-0.15, -0.1) is 0 Å². The highest BCUT2D eigenvalue weighted by atomic mass is 16.5. The molecule has 8 heteroatoms. The maximum absolute atomic E-state index is 8.36. The lowest BCUT2D eigenvalue weighted by Crippen LogP contribution is -2.20. The number of hydrogen-bond donors (Lipinski definition) is 1. The molecule has 33 heavy (non-hydrogen) atoms. The van der Waals surface area contributed by atoms with Crippen molar-refractivity contribution in [2.75, 3.05) is 33.9 Å². The van der Waals surface area contributed by atoms with E-state index in [2.05, 4.69) is 65.1 Å². The van der Waals surface area contributed by atoms with Gasteiger partial charge in [-0.2, -0.15) is 0 Å². The molecule has 1 N–H and O–H groups in total. The monoisotopic (exact) mass is 452 g/mol. The fourth-order valence-electron chi connectivity index (χ4n) is 4.19. The van der Waals surface area contributed by atoms with Crippen LogP contribution in [0.5, 0.6) is 5.75 Å². The molecule has 2 atom stereocenters. The Kier molecular flexibility index (Phi) is 8.97. The molecule has 1 aliphatic heterocycles. The Hall–Kier alpha value is -3.23. The van der Waals surface area contributed by atoms with E-state index in [0.717, 1.165) is 36.7 Å². The van der Waals surface area contributed by atoms with Gasteiger partial charge >= 0.3 is 0 Å². The molecule has 0 unspecified atom stereocenters. The van der Waals surface area contributed by atoms with Gasteiger partial charge in [0.15, 0.2) is 0 Å². The molecule has 0 spiro atoms. The van der Waals surface area contributed by atoms with Crippen LogP contribution in [0.4, 0.5) is 0 Å². The fourth-order valence-corrected chi connectivity index (χ4v) is 4.19. The lowest BCUT2D eigenvalue weighted by atomic mass is 9.95. The molecule has 0 bridgehead atoms. The maximum atomic E-state index is 8.36. The number of carboxylic acid groups (broad SMARTS) is 1. The zero-order valence-corrected chi connectivity index (χ0v) is 19.4. The van der Waals surface area contributed by atoms with E-state index in [0.29, 0.717) is 19.1 Å². The summed E-state index contributed by atoms with van der Waals surface area (Å²) in [7, 11) is 4.14. The van der Waals surface area contributed by atoms with Crippen molar-refractivity contribution in [3.05, 3.63) is 66.2 Å². The Bertz CT molecular complexity index is 1010. The zero-order valence-electron chi connectivity index (χ0n) is 19.4. The predicted octanol–water partition coefficient (Wildman–Crippen LogP) is 3.54. The van der Waals surface area contributed by atoms with Crippen molar-refractivity contribution in [2.45, 2.75) is 25.9 Å². The first-order chi connectivity index (χ1) is 16.1. The SMILES string of the molecule is CCOc1ccc(-c2nccn2[C@@H]2COC[C@H]2Cc2ccncc2)cc1CN(C)C.O=CO. The molecule has 1 aliphatic rings. The predicted molar refractivity (Wildman–Crippen MR) is 126 cm³/mol. The molecule has 0 radical (unpaired) electrons. The minimum Gasteiger partial charge on any atom is -0.494 e. The molecular formula is C25H32N4O4. The molecule has 1 saturated heterocycles. The molecule has 0 aliphatic carbocycles. The number of rotatable bonds is 8. The lowest BCUT2D eigenvalue weighted by Gasteiger charge is -2.22. The summed E-state index contributed by atoms with van der Waals surface area (Å²) >= 11 is 0. The lowest BCUT2D eigenvalue weighted by molar-refractivity contribution is -0.122. The van der Waals surface area contributed by atoms with Gasteiger partial charge < -0.3 is 24.0 Å². The summed E-state index contributed by atoms with van der Waals surface area (Å²) in [5.74, 6) is 2.32. The summed E-state index contributed by atoms with van der Waals surface area (Å²) in [5, 5.41) is 6.89. The minimum absolute atomic E-state index is 0.250. The van der Waals surface area contributed by atoms with Crippen LogP contribution in [0.1, 0.15) is 24.1 Å². The van der Waals surface area contributed by atoms with Crippen LogP contribution in [-0.4, -0.2) is 64.9 Å². The Morgan fingerprint density at radius 1 is 1.21 bits per heavy atom. The number of pyridine rings is 1. The average molecular weight is 453 g/mol. The number of carbonyl (C=O) groups is 1. The van der Waals surface area contributed by atoms with Gasteiger partial charge in [0, 0.05) is 48.4 Å². The molecule has 3 aromatic rings. The highest BCUT2D eigenvalue weighted by Crippen LogP contribution is 2.34. The van der Waals surface area contributed by atoms with E-state index in [-0.39, 0.29) is 12.5 Å². The normalized spacial score (nSPS) is 17.5. The van der Waals surface area contributed by atoms with Crippen LogP contribution in [0, 0.1) is 5.92 Å². The largest absolute Gasteiger partial charge is 0.494 e. The first-order valence-electron chi connectivity index (χ1n) is 11.1. The van der Waals surface area contributed by atoms with Gasteiger partial charge in [-0.1, -0.05) is 0 Å². The van der Waals surface area contributed by atoms with E-state index in [1.165, 1.54) is 11.1 Å². The van der Waals surface area contributed by atoms with Gasteiger partial charge in [-0.05, 0) is 63.3 Å². The Morgan fingerprint density at radius 2 is 1.97 bits per heavy atom. The summed E-state index contributed by atoms with van der Waals surface area (Å²) in [6, 6.07) is 10.8. The second-order valence-corrected chi connectivity index (χ2v) is 8.18. The van der Waals surface area contributed by atoms with Crippen molar-refractivity contribution < 1.29 is 19.4 Å². The quantitative estimate of drug-likeness (QED) is 0.523. The molecule has 1 fully saturated rings. The number of aromatic nitrogens is 3. The molecule has 0 saturated carbocycles. The van der Waals surface area contributed by atoms with E-state index in [4.69, 9.17) is 24.4 Å². The van der Waals surface area contributed by atoms with Crippen molar-refractivity contribution in [2.24, 2.45) is 5.92 Å². The van der Waals surface area contributed by atoms with Crippen molar-refractivity contribution in [3.63, 3.8) is 0 Å². The highest BCUT2D eigenvalue weighted by Gasteiger charge is 2.31. The molecule has 4 rings (SSSR count). The van der Waals surface area contributed by atoms with E-state index in [1.807, 2.05) is 25.5 Å². The number of nitrogens with zero attached hydrogens (tertiary/aromatic N) is 4. The topological polar surface area (TPSA) is 89.7 Å². The third kappa shape index (κ3) is 6.40. The van der Waals surface area contributed by atoms with Crippen molar-refractivity contribution in [1.29, 1.82) is 0 Å². The Balaban J connectivity index is 0.000000968. The summed E-state index contributed by atoms with van der Waals surface area (Å²) < 4.78 is 14.0. The molecule has 176 valence electrons. The molecule has 1 aromatic carbocycles. The van der Waals surface area contributed by atoms with Crippen LogP contribution >= 0.6 is 0 Å². The van der Waals surface area contributed by atoms with Crippen LogP contribution in [-0.2, 0) is 22.5 Å². The minimum atomic E-state index is -0.250. The van der Waals surface area contributed by atoms with E-state index >= 15 is 0 Å². The Morgan fingerprint density at radius 3 is 2.67 bits per heavy atom. The first kappa shape index (κ1) is 24.4. The zero-order chi connectivity index (χ0) is 23.6. The third-order valence-corrected chi connectivity index (χ3v) is 5.54. The highest BCUT2D eigenvalue weighted by molar-refractivity contribution is 5.59. The second-order valence-electron chi connectivity index (χ2n) is 8.18. The van der Waals surface area contributed by atoms with E-state index in [1.54, 1.807) is 0 Å². The van der Waals surface area contributed by atoms with Gasteiger partial charge in [0.05, 0.1) is 25.9 Å². The summed E-state index contributed by atoms with van der Waals surface area (Å²) in [6.45, 7) is 4.72. The van der Waals surface area contributed by atoms with Gasteiger partial charge in [-0.25, -0.2) is 4.98 Å². The van der Waals surface area contributed by atoms with Crippen LogP contribution in [0.2, 0.25) is 0 Å². The average Bonchev–Trinajstić information content (AvgIpc) is 3.45. The summed E-state index contributed by atoms with van der Waals surface area (Å²) in [5.41, 5.74) is 3.57. The van der Waals surface area contributed by atoms with Crippen molar-refractivity contribution in [1.82, 2.24) is 19.4 Å². The van der Waals surface area contributed by atoms with Gasteiger partial charge in [0.25, 0.3) is 6.47 Å². The Labute approximate surface area is 194 Å². The van der Waals surface area contributed by atoms with Crippen LogP contribution in [0.3, 0.4) is 0 Å². The molecule has 3 heterocycles. The summed E-state index contributed by atoms with van der Waals surface area (Å²) in [6.07, 6.45) is 8.65. The first-order valence-corrected chi connectivity index (χ1v) is 11.1. The van der Waals surface area contributed by atoms with Crippen LogP contribution in [0.15, 0.2) is 55.1 Å². The van der Waals surface area contributed by atoms with E-state index < -0.39 is 0 Å². The smallest absolute Gasteiger partial charge is 0.290 e. The van der Waals surface area contributed by atoms with Gasteiger partial charge in [0.2, 0.25) is 0 Å². The standard InChI is InChI=1S/C24H30N4O2.CH2O2/c1-4-30-23-6-5-19(14-20(23)15-27(2)3)24-26-11-12-28(24)22-17-29-16-21(22)13-18-7-9-25-10-8-18;2-1-3/h5-12,14,21-22H,4,13,15-17H2,1-3H3;1H,(H,2,3)/t21-,22-;/m1./s1. The molecule has 0 amide bonds. The maximum Gasteiger partial charge on any atom is 0.290 e. The van der Waals surface area contributed by atoms with E-state index in [9.17, 15) is 0 Å². The molecule has 8 nitrogen and oxygen atoms in total. The van der Waals surface area contributed by atoms with Crippen molar-refractivity contribution in [3.8, 4) is 17.1 Å². The number of hydrogen-bond acceptors (Lipinski definition) is 6. The fraction of sp³-hybridized carbons (Fsp3) is 0.400. The van der Waals surface area contributed by atoms with Crippen LogP contribution < -0.4 is 4.74 Å². The van der Waals surface area contributed by atoms with Gasteiger partial charge in [0.1, 0.15) is 11.6 Å². The second kappa shape index (κ2) is 12.1. The molecule has 2 aromatic heterocycles. The molecular weight excluding hydrogens is 420 g/mol. The number of ether oxygens (including phenoxy) is 2. The number of benzene rings is 1. The van der Waals surface area contributed by atoms with Crippen molar-refractivity contribution >= 4 is 6.47 Å². The third-order valence-electron chi connectivity index (χ3n) is 5.54. The van der Waals surface area contributed by atoms with Gasteiger partial charge in [-0.3, -0.25) is 9.78 Å². The summed E-state index contributed by atoms with van der Waals surface area (Å²) in [4.78, 5) is 19.4. The number of imidazole rings is 1. The van der Waals surface area contributed by atoms with Crippen LogP contribution in [0.25, 0.3) is 11.4 Å².